The molecule has 146 valence electrons. The third-order valence-corrected chi connectivity index (χ3v) is 3.83. The molecule has 0 aliphatic rings. The summed E-state index contributed by atoms with van der Waals surface area (Å²) in [4.78, 5) is 24.1. The SMILES string of the molecule is COc1cc(C(=O)OCC(=O)Nc2cc(C(C)(C)C)no2)cc(Cl)c1OC. The molecule has 2 aromatic rings. The molecule has 0 bridgehead atoms. The molecule has 8 nitrogen and oxygen atoms in total. The van der Waals surface area contributed by atoms with E-state index in [0.29, 0.717) is 11.4 Å². The van der Waals surface area contributed by atoms with Gasteiger partial charge >= 0.3 is 5.97 Å². The second kappa shape index (κ2) is 8.30. The van der Waals surface area contributed by atoms with Gasteiger partial charge in [0.25, 0.3) is 5.91 Å². The highest BCUT2D eigenvalue weighted by Gasteiger charge is 2.21. The lowest BCUT2D eigenvalue weighted by atomic mass is 9.92. The molecule has 27 heavy (non-hydrogen) atoms. The van der Waals surface area contributed by atoms with E-state index in [9.17, 15) is 9.59 Å². The van der Waals surface area contributed by atoms with Crippen LogP contribution in [-0.4, -0.2) is 37.9 Å². The molecule has 0 spiro atoms. The average molecular weight is 397 g/mol. The minimum absolute atomic E-state index is 0.125. The van der Waals surface area contributed by atoms with Crippen molar-refractivity contribution in [1.82, 2.24) is 5.16 Å². The summed E-state index contributed by atoms with van der Waals surface area (Å²) in [5.74, 6) is -0.547. The Balaban J connectivity index is 1.98. The van der Waals surface area contributed by atoms with E-state index in [1.54, 1.807) is 6.07 Å². The summed E-state index contributed by atoms with van der Waals surface area (Å²) in [5, 5.41) is 6.55. The summed E-state index contributed by atoms with van der Waals surface area (Å²) >= 11 is 6.06. The van der Waals surface area contributed by atoms with Crippen molar-refractivity contribution in [2.75, 3.05) is 26.1 Å². The van der Waals surface area contributed by atoms with E-state index in [1.807, 2.05) is 20.8 Å². The van der Waals surface area contributed by atoms with Gasteiger partial charge < -0.3 is 18.7 Å². The molecule has 0 aliphatic carbocycles. The van der Waals surface area contributed by atoms with Gasteiger partial charge in [-0.15, -0.1) is 0 Å². The van der Waals surface area contributed by atoms with Gasteiger partial charge in [0, 0.05) is 11.5 Å². The van der Waals surface area contributed by atoms with Gasteiger partial charge in [0.1, 0.15) is 0 Å². The molecule has 0 radical (unpaired) electrons. The first-order chi connectivity index (χ1) is 12.7. The van der Waals surface area contributed by atoms with Crippen LogP contribution in [0.1, 0.15) is 36.8 Å². The van der Waals surface area contributed by atoms with Gasteiger partial charge in [-0.05, 0) is 12.1 Å². The molecule has 2 rings (SSSR count). The number of carbonyl (C=O) groups is 2. The Labute approximate surface area is 161 Å². The first-order valence-corrected chi connectivity index (χ1v) is 8.39. The Morgan fingerprint density at radius 1 is 1.19 bits per heavy atom. The van der Waals surface area contributed by atoms with Gasteiger partial charge in [0.15, 0.2) is 18.1 Å². The first kappa shape index (κ1) is 20.6. The molecule has 1 aromatic heterocycles. The number of nitrogens with one attached hydrogen (secondary N) is 1. The van der Waals surface area contributed by atoms with Gasteiger partial charge in [-0.2, -0.15) is 0 Å². The number of rotatable bonds is 6. The maximum absolute atomic E-state index is 12.2. The number of carbonyl (C=O) groups excluding carboxylic acids is 2. The number of ether oxygens (including phenoxy) is 3. The van der Waals surface area contributed by atoms with E-state index in [-0.39, 0.29) is 27.6 Å². The minimum atomic E-state index is -0.735. The smallest absolute Gasteiger partial charge is 0.338 e. The van der Waals surface area contributed by atoms with Crippen molar-refractivity contribution in [3.05, 3.63) is 34.5 Å². The van der Waals surface area contributed by atoms with E-state index in [4.69, 9.17) is 30.3 Å². The number of nitrogens with zero attached hydrogens (tertiary/aromatic N) is 1. The second-order valence-corrected chi connectivity index (χ2v) is 7.05. The molecule has 1 aromatic carbocycles. The van der Waals surface area contributed by atoms with Crippen molar-refractivity contribution >= 4 is 29.4 Å². The third kappa shape index (κ3) is 5.13. The summed E-state index contributed by atoms with van der Waals surface area (Å²) < 4.78 is 20.3. The van der Waals surface area contributed by atoms with Crippen LogP contribution >= 0.6 is 11.6 Å². The summed E-state index contributed by atoms with van der Waals surface area (Å²) in [6, 6.07) is 4.40. The molecule has 1 heterocycles. The van der Waals surface area contributed by atoms with E-state index in [2.05, 4.69) is 10.5 Å². The maximum Gasteiger partial charge on any atom is 0.338 e. The summed E-state index contributed by atoms with van der Waals surface area (Å²) in [6.45, 7) is 5.39. The zero-order valence-electron chi connectivity index (χ0n) is 15.7. The fourth-order valence-corrected chi connectivity index (χ4v) is 2.40. The predicted molar refractivity (Wildman–Crippen MR) is 98.7 cm³/mol. The number of esters is 1. The van der Waals surface area contributed by atoms with Crippen LogP contribution in [0.25, 0.3) is 0 Å². The van der Waals surface area contributed by atoms with Gasteiger partial charge in [-0.1, -0.05) is 37.5 Å². The maximum atomic E-state index is 12.2. The van der Waals surface area contributed by atoms with Crippen LogP contribution in [0.5, 0.6) is 11.5 Å². The summed E-state index contributed by atoms with van der Waals surface area (Å²) in [6.07, 6.45) is 0. The number of methoxy groups -OCH3 is 2. The van der Waals surface area contributed by atoms with E-state index < -0.39 is 18.5 Å². The number of hydrogen-bond donors (Lipinski definition) is 1. The van der Waals surface area contributed by atoms with Crippen molar-refractivity contribution in [3.8, 4) is 11.5 Å². The van der Waals surface area contributed by atoms with Crippen molar-refractivity contribution in [3.63, 3.8) is 0 Å². The van der Waals surface area contributed by atoms with Gasteiger partial charge in [-0.3, -0.25) is 10.1 Å². The molecule has 0 atom stereocenters. The highest BCUT2D eigenvalue weighted by Crippen LogP contribution is 2.36. The van der Waals surface area contributed by atoms with E-state index >= 15 is 0 Å². The molecule has 0 saturated heterocycles. The Hall–Kier alpha value is -2.74. The standard InChI is InChI=1S/C18H21ClN2O6/c1-18(2,3)13-8-15(27-21-13)20-14(22)9-26-17(23)10-6-11(19)16(25-5)12(7-10)24-4/h6-8H,9H2,1-5H3,(H,20,22). The number of halogens is 1. The van der Waals surface area contributed by atoms with Crippen LogP contribution in [-0.2, 0) is 14.9 Å². The Kier molecular flexibility index (Phi) is 6.32. The molecule has 0 unspecified atom stereocenters. The van der Waals surface area contributed by atoms with Crippen molar-refractivity contribution in [1.29, 1.82) is 0 Å². The monoisotopic (exact) mass is 396 g/mol. The fourth-order valence-electron chi connectivity index (χ4n) is 2.11. The molecule has 0 fully saturated rings. The van der Waals surface area contributed by atoms with Crippen LogP contribution in [0.2, 0.25) is 5.02 Å². The van der Waals surface area contributed by atoms with Crippen molar-refractivity contribution < 1.29 is 28.3 Å². The lowest BCUT2D eigenvalue weighted by molar-refractivity contribution is -0.119. The summed E-state index contributed by atoms with van der Waals surface area (Å²) in [5.41, 5.74) is 0.598. The number of hydrogen-bond acceptors (Lipinski definition) is 7. The van der Waals surface area contributed by atoms with Crippen LogP contribution in [0.15, 0.2) is 22.7 Å². The number of benzene rings is 1. The highest BCUT2D eigenvalue weighted by atomic mass is 35.5. The second-order valence-electron chi connectivity index (χ2n) is 6.64. The van der Waals surface area contributed by atoms with Gasteiger partial charge in [0.05, 0.1) is 30.5 Å². The molecule has 1 N–H and O–H groups in total. The highest BCUT2D eigenvalue weighted by molar-refractivity contribution is 6.32. The van der Waals surface area contributed by atoms with Gasteiger partial charge in [-0.25, -0.2) is 4.79 Å². The van der Waals surface area contributed by atoms with Crippen LogP contribution in [0.4, 0.5) is 5.88 Å². The van der Waals surface area contributed by atoms with E-state index in [1.165, 1.54) is 26.4 Å². The molecule has 1 amide bonds. The summed E-state index contributed by atoms with van der Waals surface area (Å²) in [7, 11) is 2.85. The molecule has 0 aliphatic heterocycles. The van der Waals surface area contributed by atoms with Crippen LogP contribution in [0, 0.1) is 0 Å². The normalized spacial score (nSPS) is 11.0. The zero-order chi connectivity index (χ0) is 20.2. The largest absolute Gasteiger partial charge is 0.493 e. The fraction of sp³-hybridized carbons (Fsp3) is 0.389. The average Bonchev–Trinajstić information content (AvgIpc) is 3.07. The quantitative estimate of drug-likeness (QED) is 0.746. The lowest BCUT2D eigenvalue weighted by Crippen LogP contribution is -2.20. The van der Waals surface area contributed by atoms with Crippen LogP contribution < -0.4 is 14.8 Å². The Bertz CT molecular complexity index is 841. The molecular weight excluding hydrogens is 376 g/mol. The number of aromatic nitrogens is 1. The van der Waals surface area contributed by atoms with E-state index in [0.717, 1.165) is 0 Å². The lowest BCUT2D eigenvalue weighted by Gasteiger charge is -2.12. The zero-order valence-corrected chi connectivity index (χ0v) is 16.5. The molecular formula is C18H21ClN2O6. The topological polar surface area (TPSA) is 99.9 Å². The minimum Gasteiger partial charge on any atom is -0.493 e. The van der Waals surface area contributed by atoms with Crippen molar-refractivity contribution in [2.24, 2.45) is 0 Å². The Morgan fingerprint density at radius 2 is 1.89 bits per heavy atom. The third-order valence-electron chi connectivity index (χ3n) is 3.54. The van der Waals surface area contributed by atoms with Crippen molar-refractivity contribution in [2.45, 2.75) is 26.2 Å². The first-order valence-electron chi connectivity index (χ1n) is 8.01. The van der Waals surface area contributed by atoms with Gasteiger partial charge in [0.2, 0.25) is 5.88 Å². The van der Waals surface area contributed by atoms with Crippen LogP contribution in [0.3, 0.4) is 0 Å². The predicted octanol–water partition coefficient (Wildman–Crippen LogP) is 3.44. The number of amides is 1. The molecule has 9 heteroatoms. The number of anilines is 1. The Morgan fingerprint density at radius 3 is 2.44 bits per heavy atom. The molecule has 0 saturated carbocycles.